The molecule has 0 aliphatic rings. The second kappa shape index (κ2) is 13.0. The van der Waals surface area contributed by atoms with Crippen molar-refractivity contribution in [3.8, 4) is 78.8 Å². The van der Waals surface area contributed by atoms with E-state index in [0.717, 1.165) is 61.3 Å². The fourth-order valence-electron chi connectivity index (χ4n) is 5.80. The van der Waals surface area contributed by atoms with Crippen LogP contribution in [0.25, 0.3) is 78.8 Å². The van der Waals surface area contributed by atoms with Gasteiger partial charge in [0.15, 0.2) is 17.5 Å². The minimum atomic E-state index is 0.581. The van der Waals surface area contributed by atoms with Gasteiger partial charge in [-0.05, 0) is 51.6 Å². The molecule has 0 bridgehead atoms. The Balaban J connectivity index is 1.28. The van der Waals surface area contributed by atoms with Crippen LogP contribution in [0.15, 0.2) is 176 Å². The van der Waals surface area contributed by atoms with E-state index in [-0.39, 0.29) is 0 Å². The van der Waals surface area contributed by atoms with Crippen molar-refractivity contribution in [1.82, 2.24) is 24.9 Å². The molecule has 0 saturated carbocycles. The van der Waals surface area contributed by atoms with E-state index in [2.05, 4.69) is 137 Å². The fraction of sp³-hybridized carbons (Fsp3) is 0. The molecule has 0 saturated heterocycles. The summed E-state index contributed by atoms with van der Waals surface area (Å²) >= 11 is 0. The molecule has 0 amide bonds. The average Bonchev–Trinajstić information content (AvgIpc) is 3.19. The number of hydrogen-bond acceptors (Lipinski definition) is 5. The van der Waals surface area contributed by atoms with Gasteiger partial charge in [0, 0.05) is 34.6 Å². The highest BCUT2D eigenvalue weighted by molar-refractivity contribution is 5.79. The molecule has 0 radical (unpaired) electrons. The Morgan fingerprint density at radius 2 is 0.667 bits per heavy atom. The van der Waals surface area contributed by atoms with Gasteiger partial charge < -0.3 is 0 Å². The monoisotopic (exact) mass is 615 g/mol. The van der Waals surface area contributed by atoms with E-state index in [0.29, 0.717) is 17.5 Å². The van der Waals surface area contributed by atoms with Crippen LogP contribution in [0.1, 0.15) is 0 Å². The molecule has 6 aromatic carbocycles. The van der Waals surface area contributed by atoms with Crippen LogP contribution in [0.2, 0.25) is 0 Å². The first-order valence-electron chi connectivity index (χ1n) is 15.8. The van der Waals surface area contributed by atoms with Crippen molar-refractivity contribution in [2.45, 2.75) is 0 Å². The summed E-state index contributed by atoms with van der Waals surface area (Å²) in [7, 11) is 0. The topological polar surface area (TPSA) is 64.5 Å². The smallest absolute Gasteiger partial charge is 0.164 e. The van der Waals surface area contributed by atoms with E-state index < -0.39 is 0 Å². The summed E-state index contributed by atoms with van der Waals surface area (Å²) in [5.41, 5.74) is 11.1. The standard InChI is InChI=1S/C43H29N5/c1-4-10-30(11-5-1)33-16-20-35(21-17-33)41-46-42(36-22-18-34(19-23-36)31-12-6-2-7-13-31)48-43(47-41)39-27-37(32-14-8-3-9-15-32)26-38(28-39)40-29-44-24-25-45-40/h1-29H. The van der Waals surface area contributed by atoms with E-state index in [1.807, 2.05) is 30.3 Å². The number of aromatic nitrogens is 5. The summed E-state index contributed by atoms with van der Waals surface area (Å²) in [6.45, 7) is 0. The van der Waals surface area contributed by atoms with Crippen LogP contribution in [-0.2, 0) is 0 Å². The first-order valence-corrected chi connectivity index (χ1v) is 15.8. The van der Waals surface area contributed by atoms with Crippen molar-refractivity contribution in [2.75, 3.05) is 0 Å². The second-order valence-electron chi connectivity index (χ2n) is 11.4. The van der Waals surface area contributed by atoms with Crippen LogP contribution in [0.4, 0.5) is 0 Å². The van der Waals surface area contributed by atoms with E-state index in [4.69, 9.17) is 15.0 Å². The fourth-order valence-corrected chi connectivity index (χ4v) is 5.80. The lowest BCUT2D eigenvalue weighted by molar-refractivity contribution is 1.07. The quantitative estimate of drug-likeness (QED) is 0.178. The van der Waals surface area contributed by atoms with Gasteiger partial charge in [0.25, 0.3) is 0 Å². The van der Waals surface area contributed by atoms with Gasteiger partial charge in [-0.15, -0.1) is 0 Å². The molecule has 5 heteroatoms. The molecule has 226 valence electrons. The molecule has 2 heterocycles. The van der Waals surface area contributed by atoms with Crippen molar-refractivity contribution in [1.29, 1.82) is 0 Å². The molecule has 5 nitrogen and oxygen atoms in total. The molecular weight excluding hydrogens is 587 g/mol. The summed E-state index contributed by atoms with van der Waals surface area (Å²) in [5, 5.41) is 0. The Hall–Kier alpha value is -6.59. The van der Waals surface area contributed by atoms with Crippen molar-refractivity contribution in [3.05, 3.63) is 176 Å². The predicted octanol–water partition coefficient (Wildman–Crippen LogP) is 10.3. The van der Waals surface area contributed by atoms with Crippen molar-refractivity contribution < 1.29 is 0 Å². The molecule has 48 heavy (non-hydrogen) atoms. The zero-order chi connectivity index (χ0) is 32.1. The zero-order valence-electron chi connectivity index (χ0n) is 26.0. The number of hydrogen-bond donors (Lipinski definition) is 0. The van der Waals surface area contributed by atoms with E-state index in [9.17, 15) is 0 Å². The number of benzene rings is 6. The molecule has 0 spiro atoms. The Morgan fingerprint density at radius 3 is 1.12 bits per heavy atom. The Morgan fingerprint density at radius 1 is 0.292 bits per heavy atom. The number of nitrogens with zero attached hydrogens (tertiary/aromatic N) is 5. The van der Waals surface area contributed by atoms with Crippen LogP contribution < -0.4 is 0 Å². The molecular formula is C43H29N5. The van der Waals surface area contributed by atoms with Crippen LogP contribution in [0, 0.1) is 0 Å². The highest BCUT2D eigenvalue weighted by atomic mass is 15.0. The summed E-state index contributed by atoms with van der Waals surface area (Å²) in [4.78, 5) is 24.1. The summed E-state index contributed by atoms with van der Waals surface area (Å²) in [6.07, 6.45) is 5.17. The van der Waals surface area contributed by atoms with Crippen molar-refractivity contribution in [2.24, 2.45) is 0 Å². The van der Waals surface area contributed by atoms with Crippen LogP contribution in [0.3, 0.4) is 0 Å². The SMILES string of the molecule is c1ccc(-c2ccc(-c3nc(-c4ccc(-c5ccccc5)cc4)nc(-c4cc(-c5ccccc5)cc(-c5cnccn5)c4)n3)cc2)cc1. The Bertz CT molecular complexity index is 2130. The average molecular weight is 616 g/mol. The summed E-state index contributed by atoms with van der Waals surface area (Å²) in [5.74, 6) is 1.79. The largest absolute Gasteiger partial charge is 0.261 e. The first-order chi connectivity index (χ1) is 23.8. The van der Waals surface area contributed by atoms with Gasteiger partial charge >= 0.3 is 0 Å². The van der Waals surface area contributed by atoms with E-state index in [1.54, 1.807) is 18.6 Å². The molecule has 0 atom stereocenters. The van der Waals surface area contributed by atoms with Crippen LogP contribution in [-0.4, -0.2) is 24.9 Å². The zero-order valence-corrected chi connectivity index (χ0v) is 26.0. The van der Waals surface area contributed by atoms with Gasteiger partial charge in [0.1, 0.15) is 0 Å². The molecule has 8 aromatic rings. The molecule has 2 aromatic heterocycles. The van der Waals surface area contributed by atoms with Gasteiger partial charge in [0.05, 0.1) is 11.9 Å². The third-order valence-corrected chi connectivity index (χ3v) is 8.29. The lowest BCUT2D eigenvalue weighted by Crippen LogP contribution is -2.01. The molecule has 0 unspecified atom stereocenters. The molecule has 0 aliphatic carbocycles. The third-order valence-electron chi connectivity index (χ3n) is 8.29. The van der Waals surface area contributed by atoms with E-state index >= 15 is 0 Å². The van der Waals surface area contributed by atoms with E-state index in [1.165, 1.54) is 0 Å². The third kappa shape index (κ3) is 6.13. The summed E-state index contributed by atoms with van der Waals surface area (Å²) in [6, 6.07) is 54.2. The predicted molar refractivity (Wildman–Crippen MR) is 193 cm³/mol. The highest BCUT2D eigenvalue weighted by Crippen LogP contribution is 2.33. The van der Waals surface area contributed by atoms with Crippen LogP contribution >= 0.6 is 0 Å². The minimum Gasteiger partial charge on any atom is -0.261 e. The van der Waals surface area contributed by atoms with Crippen molar-refractivity contribution in [3.63, 3.8) is 0 Å². The van der Waals surface area contributed by atoms with Gasteiger partial charge in [-0.1, -0.05) is 140 Å². The number of rotatable bonds is 7. The second-order valence-corrected chi connectivity index (χ2v) is 11.4. The molecule has 0 fully saturated rings. The highest BCUT2D eigenvalue weighted by Gasteiger charge is 2.16. The lowest BCUT2D eigenvalue weighted by atomic mass is 9.98. The van der Waals surface area contributed by atoms with Crippen molar-refractivity contribution >= 4 is 0 Å². The normalized spacial score (nSPS) is 10.9. The Labute approximate surface area is 279 Å². The minimum absolute atomic E-state index is 0.581. The van der Waals surface area contributed by atoms with Gasteiger partial charge in [-0.25, -0.2) is 15.0 Å². The molecule has 0 aliphatic heterocycles. The maximum absolute atomic E-state index is 5.08. The lowest BCUT2D eigenvalue weighted by Gasteiger charge is -2.12. The maximum Gasteiger partial charge on any atom is 0.164 e. The first kappa shape index (κ1) is 28.9. The summed E-state index contributed by atoms with van der Waals surface area (Å²) < 4.78 is 0. The van der Waals surface area contributed by atoms with Gasteiger partial charge in [0.2, 0.25) is 0 Å². The molecule has 8 rings (SSSR count). The maximum atomic E-state index is 5.08. The molecule has 0 N–H and O–H groups in total. The Kier molecular flexibility index (Phi) is 7.83. The van der Waals surface area contributed by atoms with Gasteiger partial charge in [-0.2, -0.15) is 0 Å². The van der Waals surface area contributed by atoms with Gasteiger partial charge in [-0.3, -0.25) is 9.97 Å². The van der Waals surface area contributed by atoms with Crippen LogP contribution in [0.5, 0.6) is 0 Å².